The first-order chi connectivity index (χ1) is 14.6. The molecule has 0 aromatic heterocycles. The molecule has 4 atom stereocenters. The number of carbonyl (C=O) groups is 2. The smallest absolute Gasteiger partial charge is 0.319 e. The number of rotatable bonds is 12. The van der Waals surface area contributed by atoms with Crippen LogP contribution in [0.3, 0.4) is 0 Å². The fraction of sp³-hybridized carbons (Fsp3) is 0.619. The molecule has 1 rings (SSSR count). The van der Waals surface area contributed by atoms with E-state index in [0.717, 1.165) is 5.56 Å². The van der Waals surface area contributed by atoms with Gasteiger partial charge in [-0.15, -0.1) is 0 Å². The van der Waals surface area contributed by atoms with E-state index < -0.39 is 0 Å². The lowest BCUT2D eigenvalue weighted by molar-refractivity contribution is 0.109. The molecule has 0 aliphatic carbocycles. The molecular formula is C21H38N6O4. The highest BCUT2D eigenvalue weighted by molar-refractivity contribution is 5.94. The second-order valence-corrected chi connectivity index (χ2v) is 8.01. The molecule has 31 heavy (non-hydrogen) atoms. The minimum atomic E-state index is -0.360. The number of nitrogens with two attached hydrogens (primary N) is 2. The van der Waals surface area contributed by atoms with Crippen LogP contribution >= 0.6 is 0 Å². The van der Waals surface area contributed by atoms with Gasteiger partial charge < -0.3 is 42.2 Å². The molecule has 10 heteroatoms. The van der Waals surface area contributed by atoms with Crippen LogP contribution in [-0.4, -0.2) is 62.7 Å². The number of hydrogen-bond donors (Lipinski definition) is 6. The highest BCUT2D eigenvalue weighted by Crippen LogP contribution is 2.23. The fourth-order valence-electron chi connectivity index (χ4n) is 2.62. The first kappa shape index (κ1) is 26.6. The summed E-state index contributed by atoms with van der Waals surface area (Å²) in [6, 6.07) is 4.09. The zero-order chi connectivity index (χ0) is 23.4. The van der Waals surface area contributed by atoms with Crippen molar-refractivity contribution in [1.29, 1.82) is 0 Å². The summed E-state index contributed by atoms with van der Waals surface area (Å²) in [4.78, 5) is 24.5. The van der Waals surface area contributed by atoms with E-state index in [-0.39, 0.29) is 36.2 Å². The molecule has 0 fully saturated rings. The number of urea groups is 2. The van der Waals surface area contributed by atoms with E-state index in [9.17, 15) is 9.59 Å². The zero-order valence-electron chi connectivity index (χ0n) is 19.2. The van der Waals surface area contributed by atoms with Gasteiger partial charge in [0.2, 0.25) is 0 Å². The quantitative estimate of drug-likeness (QED) is 0.292. The number of hydrogen-bond acceptors (Lipinski definition) is 6. The number of benzene rings is 1. The Morgan fingerprint density at radius 2 is 1.19 bits per heavy atom. The van der Waals surface area contributed by atoms with Crippen LogP contribution in [0.2, 0.25) is 0 Å². The van der Waals surface area contributed by atoms with Crippen molar-refractivity contribution in [2.24, 2.45) is 11.5 Å². The molecule has 176 valence electrons. The van der Waals surface area contributed by atoms with E-state index in [2.05, 4.69) is 21.3 Å². The number of amides is 4. The van der Waals surface area contributed by atoms with Crippen LogP contribution in [0, 0.1) is 6.92 Å². The Bertz CT molecular complexity index is 644. The van der Waals surface area contributed by atoms with Gasteiger partial charge in [-0.3, -0.25) is 0 Å². The topological polar surface area (TPSA) is 153 Å². The van der Waals surface area contributed by atoms with Crippen LogP contribution in [0.15, 0.2) is 18.2 Å². The Morgan fingerprint density at radius 1 is 0.806 bits per heavy atom. The lowest BCUT2D eigenvalue weighted by Crippen LogP contribution is -2.40. The summed E-state index contributed by atoms with van der Waals surface area (Å²) >= 11 is 0. The van der Waals surface area contributed by atoms with E-state index in [1.165, 1.54) is 0 Å². The summed E-state index contributed by atoms with van der Waals surface area (Å²) in [5.41, 5.74) is 13.2. The van der Waals surface area contributed by atoms with Gasteiger partial charge in [-0.1, -0.05) is 6.07 Å². The summed E-state index contributed by atoms with van der Waals surface area (Å²) in [5, 5.41) is 11.2. The third-order valence-corrected chi connectivity index (χ3v) is 4.08. The van der Waals surface area contributed by atoms with E-state index >= 15 is 0 Å². The van der Waals surface area contributed by atoms with Crippen molar-refractivity contribution < 1.29 is 19.1 Å². The van der Waals surface area contributed by atoms with E-state index in [1.54, 1.807) is 18.2 Å². The fourth-order valence-corrected chi connectivity index (χ4v) is 2.62. The van der Waals surface area contributed by atoms with Gasteiger partial charge in [0.05, 0.1) is 38.5 Å². The van der Waals surface area contributed by atoms with Gasteiger partial charge >= 0.3 is 12.1 Å². The van der Waals surface area contributed by atoms with Crippen LogP contribution in [0.5, 0.6) is 0 Å². The number of anilines is 2. The molecule has 0 aliphatic rings. The Balaban J connectivity index is 2.54. The normalized spacial score (nSPS) is 14.8. The maximum atomic E-state index is 12.3. The van der Waals surface area contributed by atoms with E-state index in [4.69, 9.17) is 20.9 Å². The number of nitrogens with one attached hydrogen (secondary N) is 4. The summed E-state index contributed by atoms with van der Waals surface area (Å²) < 4.78 is 10.9. The van der Waals surface area contributed by atoms with Gasteiger partial charge in [0, 0.05) is 23.5 Å². The van der Waals surface area contributed by atoms with Crippen LogP contribution in [0.1, 0.15) is 33.3 Å². The molecule has 0 bridgehead atoms. The molecule has 0 radical (unpaired) electrons. The summed E-state index contributed by atoms with van der Waals surface area (Å²) in [6.45, 7) is 10.8. The highest BCUT2D eigenvalue weighted by atomic mass is 16.5. The minimum Gasteiger partial charge on any atom is -0.378 e. The molecule has 0 heterocycles. The van der Waals surface area contributed by atoms with Crippen molar-refractivity contribution in [3.8, 4) is 0 Å². The monoisotopic (exact) mass is 438 g/mol. The largest absolute Gasteiger partial charge is 0.378 e. The zero-order valence-corrected chi connectivity index (χ0v) is 19.2. The summed E-state index contributed by atoms with van der Waals surface area (Å²) in [6.07, 6.45) is 0. The van der Waals surface area contributed by atoms with Crippen molar-refractivity contribution in [1.82, 2.24) is 10.6 Å². The SMILES string of the molecule is Cc1c(NC(=O)NC(C)COCC(C)N)cccc1NC(=O)NC(C)COCC(C)N. The van der Waals surface area contributed by atoms with Gasteiger partial charge in [-0.25, -0.2) is 9.59 Å². The van der Waals surface area contributed by atoms with Gasteiger partial charge in [0.25, 0.3) is 0 Å². The van der Waals surface area contributed by atoms with Gasteiger partial charge in [0.15, 0.2) is 0 Å². The standard InChI is InChI=1S/C21H38N6O4/c1-13(22)9-30-11-15(3)24-20(28)26-18-7-6-8-19(17(18)5)27-21(29)25-16(4)12-31-10-14(2)23/h6-8,13-16H,9-12,22-23H2,1-5H3,(H2,24,26,28)(H2,25,27,29). The lowest BCUT2D eigenvalue weighted by atomic mass is 10.1. The van der Waals surface area contributed by atoms with Gasteiger partial charge in [0.1, 0.15) is 0 Å². The molecule has 4 amide bonds. The second-order valence-electron chi connectivity index (χ2n) is 8.01. The average Bonchev–Trinajstić information content (AvgIpc) is 2.64. The molecule has 10 nitrogen and oxygen atoms in total. The Kier molecular flexibility index (Phi) is 11.9. The Morgan fingerprint density at radius 3 is 1.55 bits per heavy atom. The molecule has 1 aromatic carbocycles. The Labute approximate surface area is 184 Å². The van der Waals surface area contributed by atoms with Crippen molar-refractivity contribution in [2.45, 2.75) is 58.8 Å². The molecule has 0 aliphatic heterocycles. The average molecular weight is 439 g/mol. The third-order valence-electron chi connectivity index (χ3n) is 4.08. The van der Waals surface area contributed by atoms with Crippen LogP contribution < -0.4 is 32.7 Å². The molecule has 0 saturated carbocycles. The molecule has 0 saturated heterocycles. The van der Waals surface area contributed by atoms with Crippen molar-refractivity contribution >= 4 is 23.4 Å². The molecule has 1 aromatic rings. The minimum absolute atomic E-state index is 0.0544. The predicted octanol–water partition coefficient (Wildman–Crippen LogP) is 1.74. The summed E-state index contributed by atoms with van der Waals surface area (Å²) in [7, 11) is 0. The van der Waals surface area contributed by atoms with Gasteiger partial charge in [-0.05, 0) is 52.3 Å². The number of ether oxygens (including phenoxy) is 2. The highest BCUT2D eigenvalue weighted by Gasteiger charge is 2.13. The molecular weight excluding hydrogens is 400 g/mol. The third kappa shape index (κ3) is 11.5. The predicted molar refractivity (Wildman–Crippen MR) is 123 cm³/mol. The van der Waals surface area contributed by atoms with Crippen LogP contribution in [0.4, 0.5) is 21.0 Å². The van der Waals surface area contributed by atoms with Gasteiger partial charge in [-0.2, -0.15) is 0 Å². The maximum absolute atomic E-state index is 12.3. The maximum Gasteiger partial charge on any atom is 0.319 e. The summed E-state index contributed by atoms with van der Waals surface area (Å²) in [5.74, 6) is 0. The second kappa shape index (κ2) is 13.8. The van der Waals surface area contributed by atoms with E-state index in [1.807, 2.05) is 34.6 Å². The molecule has 4 unspecified atom stereocenters. The Hall–Kier alpha value is -2.40. The number of carbonyl (C=O) groups excluding carboxylic acids is 2. The molecule has 8 N–H and O–H groups in total. The van der Waals surface area contributed by atoms with Crippen molar-refractivity contribution in [2.75, 3.05) is 37.1 Å². The van der Waals surface area contributed by atoms with Crippen molar-refractivity contribution in [3.63, 3.8) is 0 Å². The van der Waals surface area contributed by atoms with Crippen LogP contribution in [-0.2, 0) is 9.47 Å². The van der Waals surface area contributed by atoms with E-state index in [0.29, 0.717) is 37.8 Å². The van der Waals surface area contributed by atoms with Crippen LogP contribution in [0.25, 0.3) is 0 Å². The first-order valence-corrected chi connectivity index (χ1v) is 10.5. The molecule has 0 spiro atoms. The first-order valence-electron chi connectivity index (χ1n) is 10.5. The lowest BCUT2D eigenvalue weighted by Gasteiger charge is -2.18. The van der Waals surface area contributed by atoms with Crippen molar-refractivity contribution in [3.05, 3.63) is 23.8 Å².